The maximum atomic E-state index is 6.27. The maximum Gasteiger partial charge on any atom is 0.136 e. The van der Waals surface area contributed by atoms with Crippen LogP contribution in [0.25, 0.3) is 77.3 Å². The highest BCUT2D eigenvalue weighted by atomic mass is 16.3. The summed E-state index contributed by atoms with van der Waals surface area (Å²) in [4.78, 5) is 0. The molecule has 1 aliphatic rings. The summed E-state index contributed by atoms with van der Waals surface area (Å²) in [7, 11) is 0. The molecule has 2 heterocycles. The van der Waals surface area contributed by atoms with Crippen LogP contribution in [0.3, 0.4) is 0 Å². The minimum absolute atomic E-state index is 0.921. The molecule has 0 unspecified atom stereocenters. The lowest BCUT2D eigenvalue weighted by atomic mass is 9.89. The van der Waals surface area contributed by atoms with Gasteiger partial charge in [-0.05, 0) is 114 Å². The van der Waals surface area contributed by atoms with Crippen LogP contribution in [0.1, 0.15) is 29.5 Å². The Hall–Kier alpha value is -5.60. The van der Waals surface area contributed by atoms with Gasteiger partial charge in [-0.2, -0.15) is 0 Å². The van der Waals surface area contributed by atoms with Crippen molar-refractivity contribution in [3.8, 4) is 22.3 Å². The predicted octanol–water partition coefficient (Wildman–Crippen LogP) is 12.4. The highest BCUT2D eigenvalue weighted by molar-refractivity contribution is 6.18. The number of para-hydroxylation sites is 2. The molecule has 0 atom stereocenters. The number of aryl methyl sites for hydroxylation is 2. The van der Waals surface area contributed by atoms with E-state index in [0.717, 1.165) is 40.3 Å². The van der Waals surface area contributed by atoms with Crippen molar-refractivity contribution in [2.45, 2.75) is 26.7 Å². The fourth-order valence-corrected chi connectivity index (χ4v) is 7.54. The average molecular weight is 592 g/mol. The number of furan rings is 1. The van der Waals surface area contributed by atoms with Crippen molar-refractivity contribution >= 4 is 55.0 Å². The van der Waals surface area contributed by atoms with E-state index in [2.05, 4.69) is 146 Å². The Morgan fingerprint density at radius 1 is 0.565 bits per heavy atom. The van der Waals surface area contributed by atoms with Gasteiger partial charge in [-0.15, -0.1) is 0 Å². The molecule has 0 fully saturated rings. The van der Waals surface area contributed by atoms with Crippen LogP contribution in [0.5, 0.6) is 0 Å². The summed E-state index contributed by atoms with van der Waals surface area (Å²) in [6, 6.07) is 46.2. The molecule has 1 aliphatic carbocycles. The lowest BCUT2D eigenvalue weighted by Crippen LogP contribution is -2.02. The van der Waals surface area contributed by atoms with Crippen LogP contribution in [0.2, 0.25) is 0 Å². The maximum absolute atomic E-state index is 6.27. The van der Waals surface area contributed by atoms with E-state index in [1.165, 1.54) is 66.5 Å². The third-order valence-electron chi connectivity index (χ3n) is 9.77. The molecule has 8 aromatic rings. The molecule has 0 radical (unpaired) electrons. The summed E-state index contributed by atoms with van der Waals surface area (Å²) < 4.78 is 8.77. The number of rotatable bonds is 4. The summed E-state index contributed by atoms with van der Waals surface area (Å²) in [5.41, 5.74) is 15.7. The van der Waals surface area contributed by atoms with E-state index < -0.39 is 0 Å². The minimum atomic E-state index is 0.921. The second kappa shape index (κ2) is 10.5. The molecule has 0 aliphatic heterocycles. The number of fused-ring (bicyclic) bond motifs is 6. The Morgan fingerprint density at radius 3 is 2.17 bits per heavy atom. The molecule has 0 bridgehead atoms. The van der Waals surface area contributed by atoms with Crippen LogP contribution in [0, 0.1) is 13.8 Å². The first-order chi connectivity index (χ1) is 22.7. The molecule has 2 heteroatoms. The summed E-state index contributed by atoms with van der Waals surface area (Å²) in [6.07, 6.45) is 6.74. The molecule has 9 rings (SSSR count). The Morgan fingerprint density at radius 2 is 1.28 bits per heavy atom. The number of aromatic nitrogens is 1. The van der Waals surface area contributed by atoms with E-state index in [4.69, 9.17) is 4.42 Å². The molecular formula is C44H33NO. The van der Waals surface area contributed by atoms with Crippen LogP contribution in [0.15, 0.2) is 144 Å². The Labute approximate surface area is 268 Å². The largest absolute Gasteiger partial charge is 0.456 e. The lowest BCUT2D eigenvalue weighted by molar-refractivity contribution is 0.669. The van der Waals surface area contributed by atoms with Gasteiger partial charge in [0.25, 0.3) is 0 Å². The Balaban J connectivity index is 1.28. The molecule has 2 aromatic heterocycles. The molecule has 0 N–H and O–H groups in total. The SMILES string of the molecule is Cc1ccc(-c2ccc3c(c2)oc2ccccc23)cc1-c1c(C)ccc2c1c1ccccc1n2C1=C(c2ccccc2)CCC=C1. The van der Waals surface area contributed by atoms with Gasteiger partial charge in [-0.1, -0.05) is 97.1 Å². The van der Waals surface area contributed by atoms with Gasteiger partial charge >= 0.3 is 0 Å². The summed E-state index contributed by atoms with van der Waals surface area (Å²) in [6.45, 7) is 4.49. The monoisotopic (exact) mass is 591 g/mol. The number of nitrogens with zero attached hydrogens (tertiary/aromatic N) is 1. The van der Waals surface area contributed by atoms with E-state index in [9.17, 15) is 0 Å². The molecule has 0 spiro atoms. The zero-order valence-electron chi connectivity index (χ0n) is 26.0. The van der Waals surface area contributed by atoms with Gasteiger partial charge in [-0.3, -0.25) is 0 Å². The molecule has 220 valence electrons. The minimum Gasteiger partial charge on any atom is -0.456 e. The molecular weight excluding hydrogens is 558 g/mol. The summed E-state index contributed by atoms with van der Waals surface area (Å²) >= 11 is 0. The second-order valence-corrected chi connectivity index (χ2v) is 12.5. The van der Waals surface area contributed by atoms with Crippen LogP contribution < -0.4 is 0 Å². The normalized spacial score (nSPS) is 13.5. The molecule has 6 aromatic carbocycles. The molecule has 0 saturated heterocycles. The van der Waals surface area contributed by atoms with E-state index >= 15 is 0 Å². The van der Waals surface area contributed by atoms with Gasteiger partial charge < -0.3 is 8.98 Å². The smallest absolute Gasteiger partial charge is 0.136 e. The number of hydrogen-bond acceptors (Lipinski definition) is 1. The van der Waals surface area contributed by atoms with Gasteiger partial charge in [0.1, 0.15) is 11.2 Å². The van der Waals surface area contributed by atoms with Crippen molar-refractivity contribution in [1.29, 1.82) is 0 Å². The van der Waals surface area contributed by atoms with E-state index in [1.807, 2.05) is 12.1 Å². The van der Waals surface area contributed by atoms with Gasteiger partial charge in [0.15, 0.2) is 0 Å². The molecule has 46 heavy (non-hydrogen) atoms. The fourth-order valence-electron chi connectivity index (χ4n) is 7.54. The van der Waals surface area contributed by atoms with E-state index in [0.29, 0.717) is 0 Å². The van der Waals surface area contributed by atoms with Crippen LogP contribution in [-0.2, 0) is 0 Å². The number of benzene rings is 6. The highest BCUT2D eigenvalue weighted by Crippen LogP contribution is 2.44. The van der Waals surface area contributed by atoms with E-state index in [-0.39, 0.29) is 0 Å². The van der Waals surface area contributed by atoms with Crippen LogP contribution >= 0.6 is 0 Å². The van der Waals surface area contributed by atoms with Crippen molar-refractivity contribution in [3.63, 3.8) is 0 Å². The van der Waals surface area contributed by atoms with Gasteiger partial charge in [0.05, 0.1) is 11.0 Å². The van der Waals surface area contributed by atoms with Crippen molar-refractivity contribution in [2.75, 3.05) is 0 Å². The quantitative estimate of drug-likeness (QED) is 0.199. The summed E-state index contributed by atoms with van der Waals surface area (Å²) in [5.74, 6) is 0. The average Bonchev–Trinajstić information content (AvgIpc) is 3.64. The van der Waals surface area contributed by atoms with Gasteiger partial charge in [0, 0.05) is 27.2 Å². The fraction of sp³-hybridized carbons (Fsp3) is 0.0909. The molecule has 0 saturated carbocycles. The zero-order chi connectivity index (χ0) is 30.8. The Bertz CT molecular complexity index is 2540. The third kappa shape index (κ3) is 4.10. The standard InChI is InChI=1S/C44H33NO/c1-28-20-22-31(32-23-24-35-34-15-8-11-19-41(34)46-42(35)27-32)26-37(28)43-29(2)21-25-40-44(43)36-16-7-10-18-39(36)45(40)38-17-9-6-14-33(38)30-12-4-3-5-13-30/h3-5,7-13,15-27H,6,14H2,1-2H3. The van der Waals surface area contributed by atoms with Crippen LogP contribution in [0.4, 0.5) is 0 Å². The van der Waals surface area contributed by atoms with Gasteiger partial charge in [-0.25, -0.2) is 0 Å². The van der Waals surface area contributed by atoms with E-state index in [1.54, 1.807) is 0 Å². The number of hydrogen-bond donors (Lipinski definition) is 0. The Kier molecular flexibility index (Phi) is 6.11. The molecule has 2 nitrogen and oxygen atoms in total. The lowest BCUT2D eigenvalue weighted by Gasteiger charge is -2.20. The highest BCUT2D eigenvalue weighted by Gasteiger charge is 2.22. The molecule has 0 amide bonds. The first kappa shape index (κ1) is 26.8. The number of allylic oxidation sites excluding steroid dienone is 4. The predicted molar refractivity (Wildman–Crippen MR) is 195 cm³/mol. The third-order valence-corrected chi connectivity index (χ3v) is 9.77. The van der Waals surface area contributed by atoms with Crippen molar-refractivity contribution in [2.24, 2.45) is 0 Å². The van der Waals surface area contributed by atoms with Crippen molar-refractivity contribution in [3.05, 3.63) is 156 Å². The second-order valence-electron chi connectivity index (χ2n) is 12.5. The first-order valence-corrected chi connectivity index (χ1v) is 16.2. The topological polar surface area (TPSA) is 18.1 Å². The van der Waals surface area contributed by atoms with Gasteiger partial charge in [0.2, 0.25) is 0 Å². The zero-order valence-corrected chi connectivity index (χ0v) is 26.0. The van der Waals surface area contributed by atoms with Crippen molar-refractivity contribution < 1.29 is 4.42 Å². The first-order valence-electron chi connectivity index (χ1n) is 16.2. The van der Waals surface area contributed by atoms with Crippen LogP contribution in [-0.4, -0.2) is 4.57 Å². The summed E-state index contributed by atoms with van der Waals surface area (Å²) in [5, 5.41) is 4.90. The van der Waals surface area contributed by atoms with Crippen molar-refractivity contribution in [1.82, 2.24) is 4.57 Å².